The Kier molecular flexibility index (Phi) is 5.17. The topological polar surface area (TPSA) is 88.5 Å². The summed E-state index contributed by atoms with van der Waals surface area (Å²) >= 11 is 5.96. The molecule has 0 unspecified atom stereocenters. The van der Waals surface area contributed by atoms with Crippen molar-refractivity contribution in [2.45, 2.75) is 13.0 Å². The molecule has 1 saturated heterocycles. The first-order chi connectivity index (χ1) is 14.5. The number of amides is 2. The molecular formula is C21H18ClN3O5. The molecule has 0 N–H and O–H groups in total. The summed E-state index contributed by atoms with van der Waals surface area (Å²) in [4.78, 5) is 40.1. The zero-order valence-corrected chi connectivity index (χ0v) is 17.0. The van der Waals surface area contributed by atoms with Crippen molar-refractivity contribution in [2.24, 2.45) is 11.0 Å². The molecule has 0 saturated carbocycles. The first-order valence-corrected chi connectivity index (χ1v) is 9.66. The van der Waals surface area contributed by atoms with Crippen LogP contribution < -0.4 is 14.6 Å². The Morgan fingerprint density at radius 2 is 1.67 bits per heavy atom. The predicted octanol–water partition coefficient (Wildman–Crippen LogP) is 2.65. The first-order valence-electron chi connectivity index (χ1n) is 9.28. The van der Waals surface area contributed by atoms with Gasteiger partial charge >= 0.3 is 5.97 Å². The van der Waals surface area contributed by atoms with Gasteiger partial charge in [-0.2, -0.15) is 5.10 Å². The van der Waals surface area contributed by atoms with Gasteiger partial charge in [0, 0.05) is 5.02 Å². The highest BCUT2D eigenvalue weighted by molar-refractivity contribution is 6.47. The Morgan fingerprint density at radius 1 is 1.03 bits per heavy atom. The summed E-state index contributed by atoms with van der Waals surface area (Å²) in [6.45, 7) is 1.79. The largest absolute Gasteiger partial charge is 0.497 e. The fourth-order valence-electron chi connectivity index (χ4n) is 3.58. The molecule has 1 fully saturated rings. The molecule has 30 heavy (non-hydrogen) atoms. The molecule has 9 heteroatoms. The van der Waals surface area contributed by atoms with Crippen molar-refractivity contribution >= 4 is 46.5 Å². The number of hydrogen-bond acceptors (Lipinski definition) is 7. The number of rotatable bonds is 5. The zero-order chi connectivity index (χ0) is 21.4. The van der Waals surface area contributed by atoms with Crippen LogP contribution in [0.3, 0.4) is 0 Å². The van der Waals surface area contributed by atoms with Crippen LogP contribution in [-0.2, 0) is 19.1 Å². The van der Waals surface area contributed by atoms with E-state index in [1.807, 2.05) is 0 Å². The smallest absolute Gasteiger partial charge is 0.355 e. The van der Waals surface area contributed by atoms with Gasteiger partial charge in [0.25, 0.3) is 5.91 Å². The fourth-order valence-corrected chi connectivity index (χ4v) is 3.71. The molecule has 0 spiro atoms. The normalized spacial score (nSPS) is 20.3. The van der Waals surface area contributed by atoms with E-state index in [1.54, 1.807) is 55.5 Å². The van der Waals surface area contributed by atoms with Crippen LogP contribution in [0.1, 0.15) is 6.92 Å². The lowest BCUT2D eigenvalue weighted by molar-refractivity contribution is -0.136. The lowest BCUT2D eigenvalue weighted by Gasteiger charge is -2.22. The van der Waals surface area contributed by atoms with Gasteiger partial charge in [-0.05, 0) is 55.5 Å². The van der Waals surface area contributed by atoms with Crippen molar-refractivity contribution in [3.63, 3.8) is 0 Å². The number of fused-ring (bicyclic) bond motifs is 1. The fraction of sp³-hybridized carbons (Fsp3) is 0.238. The second kappa shape index (κ2) is 7.79. The summed E-state index contributed by atoms with van der Waals surface area (Å²) in [7, 11) is 1.53. The minimum atomic E-state index is -1.06. The number of imide groups is 1. The van der Waals surface area contributed by atoms with Gasteiger partial charge in [-0.3, -0.25) is 14.6 Å². The van der Waals surface area contributed by atoms with E-state index in [0.29, 0.717) is 22.1 Å². The summed E-state index contributed by atoms with van der Waals surface area (Å²) in [5, 5.41) is 6.19. The maximum absolute atomic E-state index is 13.3. The van der Waals surface area contributed by atoms with E-state index in [2.05, 4.69) is 5.10 Å². The number of benzene rings is 2. The standard InChI is InChI=1S/C21H18ClN3O5/c1-3-30-21(28)17-16-18(25(23-17)14-6-4-12(22)5-7-14)20(27)24(19(16)26)13-8-10-15(29-2)11-9-13/h4-11,16,18H,3H2,1-2H3/t16-,18+/m1/s1. The Balaban J connectivity index is 1.76. The minimum absolute atomic E-state index is 0.0915. The number of methoxy groups -OCH3 is 1. The van der Waals surface area contributed by atoms with Gasteiger partial charge < -0.3 is 9.47 Å². The lowest BCUT2D eigenvalue weighted by atomic mass is 9.98. The lowest BCUT2D eigenvalue weighted by Crippen LogP contribution is -2.39. The molecule has 2 aliphatic rings. The maximum atomic E-state index is 13.3. The third-order valence-electron chi connectivity index (χ3n) is 4.96. The highest BCUT2D eigenvalue weighted by Gasteiger charge is 2.59. The molecule has 154 valence electrons. The summed E-state index contributed by atoms with van der Waals surface area (Å²) in [6, 6.07) is 12.2. The van der Waals surface area contributed by atoms with Crippen molar-refractivity contribution in [3.8, 4) is 5.75 Å². The number of hydrogen-bond donors (Lipinski definition) is 0. The van der Waals surface area contributed by atoms with Gasteiger partial charge in [-0.15, -0.1) is 0 Å². The quantitative estimate of drug-likeness (QED) is 0.538. The molecule has 0 aromatic heterocycles. The molecular weight excluding hydrogens is 410 g/mol. The van der Waals surface area contributed by atoms with Crippen LogP contribution in [0.2, 0.25) is 5.02 Å². The molecule has 0 aliphatic carbocycles. The van der Waals surface area contributed by atoms with Crippen molar-refractivity contribution in [1.82, 2.24) is 0 Å². The Hall–Kier alpha value is -3.39. The van der Waals surface area contributed by atoms with Crippen LogP contribution in [0.4, 0.5) is 11.4 Å². The molecule has 2 aromatic rings. The molecule has 4 rings (SSSR count). The number of hydrazone groups is 1. The number of carbonyl (C=O) groups is 3. The maximum Gasteiger partial charge on any atom is 0.355 e. The van der Waals surface area contributed by atoms with Gasteiger partial charge in [0.15, 0.2) is 5.71 Å². The van der Waals surface area contributed by atoms with Crippen molar-refractivity contribution in [2.75, 3.05) is 23.6 Å². The van der Waals surface area contributed by atoms with Gasteiger partial charge in [-0.1, -0.05) is 11.6 Å². The van der Waals surface area contributed by atoms with Crippen molar-refractivity contribution < 1.29 is 23.9 Å². The number of halogens is 1. The average Bonchev–Trinajstić information content (AvgIpc) is 3.26. The Labute approximate surface area is 177 Å². The first kappa shape index (κ1) is 19.9. The second-order valence-corrected chi connectivity index (χ2v) is 7.10. The number of nitrogens with zero attached hydrogens (tertiary/aromatic N) is 3. The van der Waals surface area contributed by atoms with E-state index in [-0.39, 0.29) is 12.3 Å². The molecule has 2 atom stereocenters. The van der Waals surface area contributed by atoms with Gasteiger partial charge in [0.2, 0.25) is 5.91 Å². The van der Waals surface area contributed by atoms with Crippen LogP contribution in [0.5, 0.6) is 5.75 Å². The number of anilines is 2. The highest BCUT2D eigenvalue weighted by atomic mass is 35.5. The van der Waals surface area contributed by atoms with Gasteiger partial charge in [-0.25, -0.2) is 9.69 Å². The second-order valence-electron chi connectivity index (χ2n) is 6.66. The summed E-state index contributed by atoms with van der Waals surface area (Å²) in [5.74, 6) is -2.20. The molecule has 8 nitrogen and oxygen atoms in total. The van der Waals surface area contributed by atoms with Gasteiger partial charge in [0.05, 0.1) is 25.1 Å². The van der Waals surface area contributed by atoms with E-state index >= 15 is 0 Å². The van der Waals surface area contributed by atoms with Crippen LogP contribution in [0.15, 0.2) is 53.6 Å². The van der Waals surface area contributed by atoms with Gasteiger partial charge in [0.1, 0.15) is 17.7 Å². The van der Waals surface area contributed by atoms with E-state index in [0.717, 1.165) is 4.90 Å². The van der Waals surface area contributed by atoms with Crippen LogP contribution in [0.25, 0.3) is 0 Å². The third-order valence-corrected chi connectivity index (χ3v) is 5.21. The predicted molar refractivity (Wildman–Crippen MR) is 111 cm³/mol. The SMILES string of the molecule is CCOC(=O)C1=NN(c2ccc(Cl)cc2)[C@@H]2C(=O)N(c3ccc(OC)cc3)C(=O)[C@H]12. The third kappa shape index (κ3) is 3.19. The zero-order valence-electron chi connectivity index (χ0n) is 16.2. The monoisotopic (exact) mass is 427 g/mol. The van der Waals surface area contributed by atoms with Crippen LogP contribution >= 0.6 is 11.6 Å². The molecule has 0 bridgehead atoms. The molecule has 2 amide bonds. The number of esters is 1. The van der Waals surface area contributed by atoms with Crippen molar-refractivity contribution in [3.05, 3.63) is 53.6 Å². The van der Waals surface area contributed by atoms with E-state index in [9.17, 15) is 14.4 Å². The highest BCUT2D eigenvalue weighted by Crippen LogP contribution is 2.38. The van der Waals surface area contributed by atoms with Crippen molar-refractivity contribution in [1.29, 1.82) is 0 Å². The molecule has 2 aromatic carbocycles. The average molecular weight is 428 g/mol. The number of carbonyl (C=O) groups excluding carboxylic acids is 3. The molecule has 0 radical (unpaired) electrons. The number of ether oxygens (including phenoxy) is 2. The van der Waals surface area contributed by atoms with Crippen LogP contribution in [0, 0.1) is 5.92 Å². The van der Waals surface area contributed by atoms with Crippen LogP contribution in [-0.4, -0.2) is 43.3 Å². The molecule has 2 heterocycles. The van der Waals surface area contributed by atoms with E-state index < -0.39 is 29.7 Å². The van der Waals surface area contributed by atoms with E-state index in [1.165, 1.54) is 12.1 Å². The Morgan fingerprint density at radius 3 is 2.27 bits per heavy atom. The minimum Gasteiger partial charge on any atom is -0.497 e. The summed E-state index contributed by atoms with van der Waals surface area (Å²) < 4.78 is 10.2. The molecule has 2 aliphatic heterocycles. The Bertz CT molecular complexity index is 1040. The summed E-state index contributed by atoms with van der Waals surface area (Å²) in [6.07, 6.45) is 0. The summed E-state index contributed by atoms with van der Waals surface area (Å²) in [5.41, 5.74) is 0.831. The van der Waals surface area contributed by atoms with E-state index in [4.69, 9.17) is 21.1 Å².